The van der Waals surface area contributed by atoms with Gasteiger partial charge in [0, 0.05) is 24.8 Å². The molecular weight excluding hydrogens is 378 g/mol. The largest absolute Gasteiger partial charge is 0.394 e. The summed E-state index contributed by atoms with van der Waals surface area (Å²) in [4.78, 5) is 29.4. The van der Waals surface area contributed by atoms with Gasteiger partial charge in [-0.15, -0.1) is 0 Å². The van der Waals surface area contributed by atoms with Crippen LogP contribution in [0.4, 0.5) is 0 Å². The number of aliphatic hydroxyl groups excluding tert-OH is 1. The topological polar surface area (TPSA) is 106 Å². The number of aliphatic hydroxyl groups is 1. The van der Waals surface area contributed by atoms with Crippen LogP contribution in [0, 0.1) is 5.92 Å². The molecule has 28 heavy (non-hydrogen) atoms. The molecule has 1 aromatic rings. The number of H-pyrrole nitrogens is 1. The molecular formula is C19H35N3O5Si. The predicted molar refractivity (Wildman–Crippen MR) is 111 cm³/mol. The van der Waals surface area contributed by atoms with Crippen molar-refractivity contribution in [1.82, 2.24) is 14.5 Å². The Labute approximate surface area is 167 Å². The fourth-order valence-electron chi connectivity index (χ4n) is 3.10. The smallest absolute Gasteiger partial charge is 0.330 e. The normalized spacial score (nSPS) is 26.0. The van der Waals surface area contributed by atoms with Gasteiger partial charge in [-0.1, -0.05) is 40.8 Å². The second-order valence-electron chi connectivity index (χ2n) is 9.11. The molecule has 0 unspecified atom stereocenters. The first-order valence-electron chi connectivity index (χ1n) is 9.92. The van der Waals surface area contributed by atoms with E-state index in [-0.39, 0.29) is 23.7 Å². The maximum atomic E-state index is 12.2. The zero-order valence-electron chi connectivity index (χ0n) is 17.8. The van der Waals surface area contributed by atoms with Gasteiger partial charge >= 0.3 is 5.69 Å². The Kier molecular flexibility index (Phi) is 7.43. The van der Waals surface area contributed by atoms with Crippen LogP contribution in [0.2, 0.25) is 18.1 Å². The standard InChI is InChI=1S/C19H35N3O5Si/c1-13-14(12-23)27-17(22-10-8-15(24)21-18(22)25)16(13)26-11-7-9-20-28(5,6)19(2,3)4/h8,10,13-14,16-17,20,23H,7,9,11-12H2,1-6H3,(H,21,24,25)/t13-,14-,16-,17-/m1/s1. The first kappa shape index (κ1) is 23.0. The fourth-order valence-corrected chi connectivity index (χ4v) is 4.44. The van der Waals surface area contributed by atoms with Crippen LogP contribution in [0.1, 0.15) is 40.3 Å². The molecule has 0 aromatic carbocycles. The zero-order chi connectivity index (χ0) is 21.1. The van der Waals surface area contributed by atoms with E-state index in [0.717, 1.165) is 13.0 Å². The molecule has 160 valence electrons. The van der Waals surface area contributed by atoms with E-state index in [0.29, 0.717) is 6.61 Å². The van der Waals surface area contributed by atoms with Gasteiger partial charge in [0.25, 0.3) is 5.56 Å². The first-order chi connectivity index (χ1) is 13.0. The van der Waals surface area contributed by atoms with Gasteiger partial charge in [0.15, 0.2) is 6.23 Å². The van der Waals surface area contributed by atoms with Gasteiger partial charge in [-0.3, -0.25) is 14.3 Å². The summed E-state index contributed by atoms with van der Waals surface area (Å²) in [5.74, 6) is -0.0813. The number of rotatable bonds is 8. The Bertz CT molecular complexity index is 755. The molecule has 2 rings (SSSR count). The van der Waals surface area contributed by atoms with Crippen LogP contribution in [0.25, 0.3) is 0 Å². The number of aromatic nitrogens is 2. The number of hydrogen-bond acceptors (Lipinski definition) is 6. The van der Waals surface area contributed by atoms with Gasteiger partial charge < -0.3 is 19.6 Å². The van der Waals surface area contributed by atoms with E-state index >= 15 is 0 Å². The summed E-state index contributed by atoms with van der Waals surface area (Å²) in [7, 11) is -1.54. The van der Waals surface area contributed by atoms with Crippen molar-refractivity contribution in [2.75, 3.05) is 19.8 Å². The van der Waals surface area contributed by atoms with Crippen molar-refractivity contribution >= 4 is 8.24 Å². The minimum Gasteiger partial charge on any atom is -0.394 e. The average Bonchev–Trinajstić information content (AvgIpc) is 2.89. The Morgan fingerprint density at radius 3 is 2.61 bits per heavy atom. The summed E-state index contributed by atoms with van der Waals surface area (Å²) in [6.45, 7) is 14.6. The number of nitrogens with one attached hydrogen (secondary N) is 2. The maximum absolute atomic E-state index is 12.2. The second kappa shape index (κ2) is 9.04. The van der Waals surface area contributed by atoms with E-state index < -0.39 is 31.8 Å². The third kappa shape index (κ3) is 5.21. The highest BCUT2D eigenvalue weighted by molar-refractivity contribution is 6.77. The van der Waals surface area contributed by atoms with Crippen LogP contribution >= 0.6 is 0 Å². The lowest BCUT2D eigenvalue weighted by Gasteiger charge is -2.37. The Morgan fingerprint density at radius 1 is 1.36 bits per heavy atom. The molecule has 1 aliphatic rings. The van der Waals surface area contributed by atoms with E-state index in [1.807, 2.05) is 6.92 Å². The quantitative estimate of drug-likeness (QED) is 0.440. The van der Waals surface area contributed by atoms with Crippen molar-refractivity contribution in [3.63, 3.8) is 0 Å². The van der Waals surface area contributed by atoms with E-state index in [1.165, 1.54) is 16.8 Å². The molecule has 4 atom stereocenters. The highest BCUT2D eigenvalue weighted by Gasteiger charge is 2.43. The number of nitrogens with zero attached hydrogens (tertiary/aromatic N) is 1. The minimum atomic E-state index is -1.54. The predicted octanol–water partition coefficient (Wildman–Crippen LogP) is 1.43. The summed E-state index contributed by atoms with van der Waals surface area (Å²) >= 11 is 0. The van der Waals surface area contributed by atoms with Gasteiger partial charge in [0.05, 0.1) is 12.7 Å². The number of aromatic amines is 1. The molecule has 0 amide bonds. The van der Waals surface area contributed by atoms with Gasteiger partial charge in [0.2, 0.25) is 0 Å². The summed E-state index contributed by atoms with van der Waals surface area (Å²) < 4.78 is 13.3. The molecule has 9 heteroatoms. The molecule has 0 radical (unpaired) electrons. The van der Waals surface area contributed by atoms with Gasteiger partial charge in [-0.25, -0.2) is 4.79 Å². The van der Waals surface area contributed by atoms with E-state index in [2.05, 4.69) is 43.8 Å². The van der Waals surface area contributed by atoms with Crippen molar-refractivity contribution in [3.8, 4) is 0 Å². The van der Waals surface area contributed by atoms with Crippen LogP contribution in [-0.4, -0.2) is 54.9 Å². The molecule has 0 saturated carbocycles. The van der Waals surface area contributed by atoms with E-state index in [4.69, 9.17) is 9.47 Å². The van der Waals surface area contributed by atoms with Crippen LogP contribution < -0.4 is 16.2 Å². The SMILES string of the molecule is C[C@H]1[C@@H](OCCCN[Si](C)(C)C(C)(C)C)[C@H](n2ccc(=O)[nH]c2=O)O[C@@H]1CO. The summed E-state index contributed by atoms with van der Waals surface area (Å²) in [5, 5.41) is 9.85. The van der Waals surface area contributed by atoms with E-state index in [9.17, 15) is 14.7 Å². The van der Waals surface area contributed by atoms with Gasteiger partial charge in [-0.05, 0) is 18.0 Å². The van der Waals surface area contributed by atoms with Crippen molar-refractivity contribution in [3.05, 3.63) is 33.1 Å². The number of hydrogen-bond donors (Lipinski definition) is 3. The lowest BCUT2D eigenvalue weighted by molar-refractivity contribution is -0.0732. The Balaban J connectivity index is 1.99. The molecule has 8 nitrogen and oxygen atoms in total. The van der Waals surface area contributed by atoms with Crippen molar-refractivity contribution < 1.29 is 14.6 Å². The van der Waals surface area contributed by atoms with Crippen LogP contribution in [-0.2, 0) is 9.47 Å². The second-order valence-corrected chi connectivity index (χ2v) is 14.2. The molecule has 0 aliphatic carbocycles. The molecule has 1 saturated heterocycles. The summed E-state index contributed by atoms with van der Waals surface area (Å²) in [6, 6.07) is 1.28. The maximum Gasteiger partial charge on any atom is 0.330 e. The first-order valence-corrected chi connectivity index (χ1v) is 12.9. The molecule has 0 bridgehead atoms. The van der Waals surface area contributed by atoms with Crippen LogP contribution in [0.5, 0.6) is 0 Å². The third-order valence-corrected chi connectivity index (χ3v) is 11.0. The molecule has 1 aliphatic heterocycles. The van der Waals surface area contributed by atoms with Gasteiger partial charge in [0.1, 0.15) is 14.3 Å². The number of ether oxygens (including phenoxy) is 2. The molecule has 3 N–H and O–H groups in total. The monoisotopic (exact) mass is 413 g/mol. The molecule has 2 heterocycles. The highest BCUT2D eigenvalue weighted by atomic mass is 28.3. The Hall–Kier alpha value is -1.26. The van der Waals surface area contributed by atoms with Crippen molar-refractivity contribution in [2.45, 2.75) is 70.7 Å². The van der Waals surface area contributed by atoms with E-state index in [1.54, 1.807) is 0 Å². The summed E-state index contributed by atoms with van der Waals surface area (Å²) in [5.41, 5.74) is -1.00. The fraction of sp³-hybridized carbons (Fsp3) is 0.789. The van der Waals surface area contributed by atoms with Crippen molar-refractivity contribution in [2.24, 2.45) is 5.92 Å². The lowest BCUT2D eigenvalue weighted by Crippen LogP contribution is -2.52. The molecule has 1 fully saturated rings. The van der Waals surface area contributed by atoms with Gasteiger partial charge in [-0.2, -0.15) is 0 Å². The molecule has 1 aromatic heterocycles. The van der Waals surface area contributed by atoms with Crippen molar-refractivity contribution in [1.29, 1.82) is 0 Å². The highest BCUT2D eigenvalue weighted by Crippen LogP contribution is 2.35. The summed E-state index contributed by atoms with van der Waals surface area (Å²) in [6.07, 6.45) is 0.776. The average molecular weight is 414 g/mol. The van der Waals surface area contributed by atoms with Crippen LogP contribution in [0.3, 0.4) is 0 Å². The zero-order valence-corrected chi connectivity index (χ0v) is 18.8. The minimum absolute atomic E-state index is 0.0813. The third-order valence-electron chi connectivity index (χ3n) is 6.08. The van der Waals surface area contributed by atoms with Crippen LogP contribution in [0.15, 0.2) is 21.9 Å². The lowest BCUT2D eigenvalue weighted by atomic mass is 10.0. The molecule has 0 spiro atoms. The Morgan fingerprint density at radius 2 is 2.04 bits per heavy atom.